The van der Waals surface area contributed by atoms with Gasteiger partial charge in [0.2, 0.25) is 0 Å². The van der Waals surface area contributed by atoms with Crippen LogP contribution in [0.1, 0.15) is 72.1 Å². The third kappa shape index (κ3) is 2.37. The van der Waals surface area contributed by atoms with E-state index < -0.39 is 0 Å². The van der Waals surface area contributed by atoms with E-state index in [9.17, 15) is 4.79 Å². The van der Waals surface area contributed by atoms with Crippen LogP contribution in [0.3, 0.4) is 0 Å². The number of rotatable bonds is 2. The molecule has 2 heterocycles. The van der Waals surface area contributed by atoms with E-state index in [-0.39, 0.29) is 5.41 Å². The van der Waals surface area contributed by atoms with Gasteiger partial charge in [-0.05, 0) is 86.5 Å². The van der Waals surface area contributed by atoms with Crippen LogP contribution in [0.15, 0.2) is 0 Å². The predicted molar refractivity (Wildman–Crippen MR) is 108 cm³/mol. The molecule has 1 N–H and O–H groups in total. The molecule has 0 spiro atoms. The molecule has 28 heavy (non-hydrogen) atoms. The Bertz CT molecular complexity index is 676. The summed E-state index contributed by atoms with van der Waals surface area (Å²) in [5, 5.41) is 5.83. The first-order valence-corrected chi connectivity index (χ1v) is 12.1. The molecule has 4 heteroatoms. The molecule has 0 radical (unpaired) electrons. The van der Waals surface area contributed by atoms with E-state index in [1.165, 1.54) is 25.7 Å². The standard InChI is InChI=1S/C24H38N2O2/c1-14-10-15-11-19-20(26(19)28-16-7-9-25-13-16)12-24(15,3)18-6-8-23(2)17(22(14)18)4-5-21(23)27/h14-20,22,25H,4-13H2,1-3H3/t14-,15?,16+,17-,18-,19?,20?,22-,23-,24-,26?/m0/s1. The molecular formula is C24H38N2O2. The second kappa shape index (κ2) is 6.04. The molecule has 11 atom stereocenters. The molecule has 4 unspecified atom stereocenters. The number of nitrogens with zero attached hydrogens (tertiary/aromatic N) is 1. The van der Waals surface area contributed by atoms with Gasteiger partial charge in [-0.1, -0.05) is 20.8 Å². The SMILES string of the molecule is C[C@H]1CC2CC3C(C[C@]2(C)[C@H]2CC[C@]4(C)C(=O)CC[C@H]4[C@H]12)N3O[C@@H]1CCNC1. The molecule has 6 aliphatic rings. The fourth-order valence-corrected chi connectivity index (χ4v) is 8.98. The molecule has 0 aromatic heterocycles. The fraction of sp³-hybridized carbons (Fsp3) is 0.958. The van der Waals surface area contributed by atoms with E-state index in [1.807, 2.05) is 0 Å². The number of ketones is 1. The highest BCUT2D eigenvalue weighted by Crippen LogP contribution is 2.68. The van der Waals surface area contributed by atoms with Gasteiger partial charge in [0.25, 0.3) is 0 Å². The molecule has 4 aliphatic carbocycles. The summed E-state index contributed by atoms with van der Waals surface area (Å²) < 4.78 is 0. The van der Waals surface area contributed by atoms with Crippen molar-refractivity contribution < 1.29 is 9.63 Å². The van der Waals surface area contributed by atoms with E-state index in [1.54, 1.807) is 0 Å². The van der Waals surface area contributed by atoms with Crippen molar-refractivity contribution in [3.8, 4) is 0 Å². The van der Waals surface area contributed by atoms with Gasteiger partial charge in [-0.2, -0.15) is 5.06 Å². The van der Waals surface area contributed by atoms with E-state index in [0.29, 0.717) is 35.3 Å². The maximum atomic E-state index is 12.7. The van der Waals surface area contributed by atoms with Crippen molar-refractivity contribution >= 4 is 5.78 Å². The summed E-state index contributed by atoms with van der Waals surface area (Å²) in [5.74, 6) is 4.45. The number of hydrogen-bond acceptors (Lipinski definition) is 4. The Labute approximate surface area is 170 Å². The molecular weight excluding hydrogens is 348 g/mol. The van der Waals surface area contributed by atoms with Crippen molar-refractivity contribution in [3.63, 3.8) is 0 Å². The maximum Gasteiger partial charge on any atom is 0.139 e. The first kappa shape index (κ1) is 18.3. The average Bonchev–Trinajstić information content (AvgIpc) is 2.99. The minimum atomic E-state index is 0.0000257. The quantitative estimate of drug-likeness (QED) is 0.733. The topological polar surface area (TPSA) is 41.3 Å². The second-order valence-corrected chi connectivity index (χ2v) is 11.8. The largest absolute Gasteiger partial charge is 0.314 e. The smallest absolute Gasteiger partial charge is 0.139 e. The molecule has 0 aromatic carbocycles. The first-order valence-electron chi connectivity index (χ1n) is 12.1. The van der Waals surface area contributed by atoms with Crippen LogP contribution in [0.2, 0.25) is 0 Å². The lowest BCUT2D eigenvalue weighted by Gasteiger charge is -2.61. The molecule has 156 valence electrons. The Morgan fingerprint density at radius 1 is 1.11 bits per heavy atom. The van der Waals surface area contributed by atoms with Crippen LogP contribution in [0.25, 0.3) is 0 Å². The minimum Gasteiger partial charge on any atom is -0.314 e. The van der Waals surface area contributed by atoms with Crippen molar-refractivity contribution in [2.75, 3.05) is 13.1 Å². The summed E-state index contributed by atoms with van der Waals surface area (Å²) >= 11 is 0. The van der Waals surface area contributed by atoms with Gasteiger partial charge in [0, 0.05) is 18.4 Å². The van der Waals surface area contributed by atoms with Gasteiger partial charge in [0.05, 0.1) is 18.2 Å². The molecule has 2 saturated heterocycles. The van der Waals surface area contributed by atoms with E-state index in [2.05, 4.69) is 31.2 Å². The molecule has 6 rings (SSSR count). The molecule has 6 fully saturated rings. The van der Waals surface area contributed by atoms with Crippen LogP contribution in [0.4, 0.5) is 0 Å². The van der Waals surface area contributed by atoms with Crippen molar-refractivity contribution in [1.29, 1.82) is 0 Å². The van der Waals surface area contributed by atoms with Gasteiger partial charge in [-0.3, -0.25) is 9.63 Å². The Kier molecular flexibility index (Phi) is 3.96. The lowest BCUT2D eigenvalue weighted by atomic mass is 9.43. The van der Waals surface area contributed by atoms with E-state index in [4.69, 9.17) is 4.84 Å². The highest BCUT2D eigenvalue weighted by atomic mass is 16.7. The number of nitrogens with one attached hydrogen (secondary N) is 1. The molecule has 2 aliphatic heterocycles. The van der Waals surface area contributed by atoms with Gasteiger partial charge < -0.3 is 5.32 Å². The zero-order valence-corrected chi connectivity index (χ0v) is 18.0. The van der Waals surface area contributed by atoms with E-state index in [0.717, 1.165) is 62.4 Å². The number of hydrogen-bond donors (Lipinski definition) is 1. The first-order chi connectivity index (χ1) is 13.4. The zero-order chi connectivity index (χ0) is 19.3. The normalized spacial score (nSPS) is 60.0. The summed E-state index contributed by atoms with van der Waals surface area (Å²) in [7, 11) is 0. The molecule has 0 bridgehead atoms. The molecule has 4 nitrogen and oxygen atoms in total. The number of hydroxylamine groups is 2. The van der Waals surface area contributed by atoms with Crippen LogP contribution in [0, 0.1) is 40.4 Å². The number of Topliss-reactive ketones (excluding diaryl/α,β-unsaturated/α-hetero) is 1. The van der Waals surface area contributed by atoms with Gasteiger partial charge >= 0.3 is 0 Å². The average molecular weight is 387 g/mol. The lowest BCUT2D eigenvalue weighted by Crippen LogP contribution is -2.56. The highest BCUT2D eigenvalue weighted by molar-refractivity contribution is 5.87. The molecule has 0 aromatic rings. The van der Waals surface area contributed by atoms with Gasteiger partial charge in [0.1, 0.15) is 5.78 Å². The Balaban J connectivity index is 1.24. The fourth-order valence-electron chi connectivity index (χ4n) is 8.98. The van der Waals surface area contributed by atoms with Crippen molar-refractivity contribution in [2.24, 2.45) is 40.4 Å². The number of carbonyl (C=O) groups is 1. The summed E-state index contributed by atoms with van der Waals surface area (Å²) in [6.45, 7) is 9.59. The summed E-state index contributed by atoms with van der Waals surface area (Å²) in [5.41, 5.74) is 0.456. The van der Waals surface area contributed by atoms with Gasteiger partial charge in [0.15, 0.2) is 0 Å². The third-order valence-corrected chi connectivity index (χ3v) is 10.6. The Morgan fingerprint density at radius 3 is 2.75 bits per heavy atom. The minimum absolute atomic E-state index is 0.0000257. The molecule has 0 amide bonds. The van der Waals surface area contributed by atoms with Crippen LogP contribution in [0.5, 0.6) is 0 Å². The van der Waals surface area contributed by atoms with Crippen LogP contribution in [-0.2, 0) is 9.63 Å². The van der Waals surface area contributed by atoms with Crippen LogP contribution >= 0.6 is 0 Å². The summed E-state index contributed by atoms with van der Waals surface area (Å²) in [6.07, 6.45) is 10.0. The number of carbonyl (C=O) groups excluding carboxylic acids is 1. The van der Waals surface area contributed by atoms with Crippen LogP contribution < -0.4 is 5.32 Å². The van der Waals surface area contributed by atoms with Crippen LogP contribution in [-0.4, -0.2) is 42.1 Å². The Morgan fingerprint density at radius 2 is 1.96 bits per heavy atom. The summed E-state index contributed by atoms with van der Waals surface area (Å²) in [4.78, 5) is 19.1. The number of fused-ring (bicyclic) bond motifs is 6. The Hall–Kier alpha value is -0.450. The van der Waals surface area contributed by atoms with E-state index >= 15 is 0 Å². The molecule has 4 saturated carbocycles. The van der Waals surface area contributed by atoms with Crippen molar-refractivity contribution in [3.05, 3.63) is 0 Å². The zero-order valence-electron chi connectivity index (χ0n) is 18.0. The van der Waals surface area contributed by atoms with Crippen molar-refractivity contribution in [1.82, 2.24) is 10.4 Å². The monoisotopic (exact) mass is 386 g/mol. The highest BCUT2D eigenvalue weighted by Gasteiger charge is 2.67. The maximum absolute atomic E-state index is 12.7. The van der Waals surface area contributed by atoms with Crippen molar-refractivity contribution in [2.45, 2.75) is 90.3 Å². The van der Waals surface area contributed by atoms with Gasteiger partial charge in [-0.25, -0.2) is 0 Å². The lowest BCUT2D eigenvalue weighted by molar-refractivity contribution is -0.145. The third-order valence-electron chi connectivity index (χ3n) is 10.6. The summed E-state index contributed by atoms with van der Waals surface area (Å²) in [6, 6.07) is 1.35. The van der Waals surface area contributed by atoms with Gasteiger partial charge in [-0.15, -0.1) is 0 Å². The predicted octanol–water partition coefficient (Wildman–Crippen LogP) is 3.80. The second-order valence-electron chi connectivity index (χ2n) is 11.8.